The van der Waals surface area contributed by atoms with E-state index < -0.39 is 5.82 Å². The number of aromatic amines is 1. The molecule has 0 spiro atoms. The first-order valence-electron chi connectivity index (χ1n) is 9.11. The molecule has 3 heterocycles. The van der Waals surface area contributed by atoms with Crippen LogP contribution in [0.15, 0.2) is 24.5 Å². The van der Waals surface area contributed by atoms with Crippen LogP contribution >= 0.6 is 11.8 Å². The lowest BCUT2D eigenvalue weighted by Gasteiger charge is -2.21. The molecule has 0 bridgehead atoms. The number of fused-ring (bicyclic) bond motifs is 1. The molecule has 28 heavy (non-hydrogen) atoms. The van der Waals surface area contributed by atoms with Crippen LogP contribution < -0.4 is 4.74 Å². The highest BCUT2D eigenvalue weighted by atomic mass is 32.2. The summed E-state index contributed by atoms with van der Waals surface area (Å²) < 4.78 is 20.2. The summed E-state index contributed by atoms with van der Waals surface area (Å²) in [6.45, 7) is 3.75. The van der Waals surface area contributed by atoms with Gasteiger partial charge in [0, 0.05) is 37.9 Å². The minimum absolute atomic E-state index is 0.0210. The Kier molecular flexibility index (Phi) is 5.11. The number of H-pyrrole nitrogens is 1. The molecule has 2 aliphatic heterocycles. The van der Waals surface area contributed by atoms with Crippen LogP contribution in [-0.4, -0.2) is 70.5 Å². The van der Waals surface area contributed by atoms with Crippen molar-refractivity contribution in [1.29, 1.82) is 10.8 Å². The van der Waals surface area contributed by atoms with E-state index in [1.807, 2.05) is 4.90 Å². The maximum absolute atomic E-state index is 14.8. The lowest BCUT2D eigenvalue weighted by Crippen LogP contribution is -2.30. The minimum atomic E-state index is -0.541. The van der Waals surface area contributed by atoms with Gasteiger partial charge in [0.1, 0.15) is 16.6 Å². The summed E-state index contributed by atoms with van der Waals surface area (Å²) in [7, 11) is 3.58. The molecule has 0 unspecified atom stereocenters. The van der Waals surface area contributed by atoms with E-state index in [1.165, 1.54) is 13.2 Å². The second-order valence-electron chi connectivity index (χ2n) is 7.40. The van der Waals surface area contributed by atoms with Crippen molar-refractivity contribution in [3.8, 4) is 16.9 Å². The van der Waals surface area contributed by atoms with Crippen molar-refractivity contribution in [2.24, 2.45) is 11.8 Å². The summed E-state index contributed by atoms with van der Waals surface area (Å²) in [5, 5.41) is 23.7. The summed E-state index contributed by atoms with van der Waals surface area (Å²) >= 11 is 0.977. The molecule has 2 atom stereocenters. The van der Waals surface area contributed by atoms with E-state index in [0.717, 1.165) is 43.5 Å². The van der Waals surface area contributed by atoms with Crippen LogP contribution in [0.2, 0.25) is 0 Å². The molecule has 2 aliphatic rings. The number of halogens is 1. The van der Waals surface area contributed by atoms with Gasteiger partial charge in [0.2, 0.25) is 0 Å². The molecule has 2 fully saturated rings. The zero-order valence-corrected chi connectivity index (χ0v) is 16.6. The Balaban J connectivity index is 1.49. The van der Waals surface area contributed by atoms with E-state index in [2.05, 4.69) is 22.1 Å². The summed E-state index contributed by atoms with van der Waals surface area (Å²) in [5.41, 5.74) is 1.45. The van der Waals surface area contributed by atoms with E-state index in [9.17, 15) is 4.39 Å². The van der Waals surface area contributed by atoms with Crippen molar-refractivity contribution in [3.63, 3.8) is 0 Å². The number of aromatic nitrogens is 2. The van der Waals surface area contributed by atoms with Crippen LogP contribution in [-0.2, 0) is 0 Å². The fraction of sp³-hybridized carbons (Fsp3) is 0.421. The largest absolute Gasteiger partial charge is 0.496 e. The molecule has 1 aromatic carbocycles. The molecule has 2 aromatic rings. The predicted octanol–water partition coefficient (Wildman–Crippen LogP) is 2.71. The van der Waals surface area contributed by atoms with Gasteiger partial charge in [0.15, 0.2) is 5.17 Å². The molecule has 7 nitrogen and oxygen atoms in total. The Morgan fingerprint density at radius 2 is 1.93 bits per heavy atom. The van der Waals surface area contributed by atoms with Crippen LogP contribution in [0.3, 0.4) is 0 Å². The Bertz CT molecular complexity index is 888. The molecule has 3 N–H and O–H groups in total. The number of nitrogens with zero attached hydrogens (tertiary/aromatic N) is 3. The average Bonchev–Trinajstić information content (AvgIpc) is 3.36. The van der Waals surface area contributed by atoms with Gasteiger partial charge in [-0.2, -0.15) is 5.10 Å². The second kappa shape index (κ2) is 7.56. The summed E-state index contributed by atoms with van der Waals surface area (Å²) in [6.07, 6.45) is 3.27. The zero-order chi connectivity index (χ0) is 19.8. The maximum atomic E-state index is 14.8. The smallest absolute Gasteiger partial charge is 0.162 e. The van der Waals surface area contributed by atoms with E-state index in [0.29, 0.717) is 22.6 Å². The maximum Gasteiger partial charge on any atom is 0.162 e. The highest BCUT2D eigenvalue weighted by molar-refractivity contribution is 8.26. The van der Waals surface area contributed by atoms with Crippen LogP contribution in [0.25, 0.3) is 11.1 Å². The number of ether oxygens (including phenoxy) is 1. The standard InChI is InChI=1S/C19H23FN6OS/c1-25-7-13-9-26(10-14(13)8-25)19(22)28-18(21)17-15(20)3-11(4-16(17)27-2)12-5-23-24-6-12/h3-6,13-14,21-22H,7-10H2,1-2H3,(H,23,24)/t13-,14+. The predicted molar refractivity (Wildman–Crippen MR) is 109 cm³/mol. The number of thioether (sulfide) groups is 1. The van der Waals surface area contributed by atoms with Gasteiger partial charge in [-0.25, -0.2) is 4.39 Å². The highest BCUT2D eigenvalue weighted by Crippen LogP contribution is 2.35. The number of hydrogen-bond donors (Lipinski definition) is 3. The number of amidine groups is 1. The van der Waals surface area contributed by atoms with Gasteiger partial charge >= 0.3 is 0 Å². The number of nitrogens with one attached hydrogen (secondary N) is 3. The van der Waals surface area contributed by atoms with Crippen LogP contribution in [0.1, 0.15) is 5.56 Å². The van der Waals surface area contributed by atoms with Crippen LogP contribution in [0.5, 0.6) is 5.75 Å². The van der Waals surface area contributed by atoms with E-state index >= 15 is 0 Å². The van der Waals surface area contributed by atoms with E-state index in [1.54, 1.807) is 18.5 Å². The fourth-order valence-corrected chi connectivity index (χ4v) is 4.92. The summed E-state index contributed by atoms with van der Waals surface area (Å²) in [4.78, 5) is 4.33. The Labute approximate surface area is 167 Å². The van der Waals surface area contributed by atoms with Gasteiger partial charge in [-0.3, -0.25) is 15.9 Å². The molecule has 0 saturated carbocycles. The SMILES string of the molecule is COc1cc(-c2cn[nH]c2)cc(F)c1C(=N)SC(=N)N1C[C@H]2CN(C)C[C@H]2C1. The molecular weight excluding hydrogens is 379 g/mol. The van der Waals surface area contributed by atoms with Crippen molar-refractivity contribution >= 4 is 22.0 Å². The summed E-state index contributed by atoms with van der Waals surface area (Å²) in [6, 6.07) is 3.07. The normalized spacial score (nSPS) is 21.8. The van der Waals surface area contributed by atoms with Crippen LogP contribution in [0.4, 0.5) is 4.39 Å². The van der Waals surface area contributed by atoms with E-state index in [-0.39, 0.29) is 16.4 Å². The molecule has 2 saturated heterocycles. The third kappa shape index (κ3) is 3.51. The van der Waals surface area contributed by atoms with Crippen molar-refractivity contribution in [2.45, 2.75) is 0 Å². The quantitative estimate of drug-likeness (QED) is 0.542. The van der Waals surface area contributed by atoms with Gasteiger partial charge in [-0.05, 0) is 48.3 Å². The highest BCUT2D eigenvalue weighted by Gasteiger charge is 2.39. The van der Waals surface area contributed by atoms with Crippen LogP contribution in [0, 0.1) is 28.5 Å². The lowest BCUT2D eigenvalue weighted by atomic mass is 10.0. The summed E-state index contributed by atoms with van der Waals surface area (Å²) in [5.74, 6) is 0.878. The molecule has 4 rings (SSSR count). The van der Waals surface area contributed by atoms with Gasteiger partial charge in [-0.15, -0.1) is 0 Å². The van der Waals surface area contributed by atoms with Crippen molar-refractivity contribution in [1.82, 2.24) is 20.0 Å². The Morgan fingerprint density at radius 3 is 2.54 bits per heavy atom. The number of likely N-dealkylation sites (tertiary alicyclic amines) is 2. The number of benzene rings is 1. The van der Waals surface area contributed by atoms with Gasteiger partial charge in [-0.1, -0.05) is 0 Å². The monoisotopic (exact) mass is 402 g/mol. The van der Waals surface area contributed by atoms with Gasteiger partial charge in [0.25, 0.3) is 0 Å². The Hall–Kier alpha value is -2.39. The number of rotatable bonds is 3. The molecule has 1 aromatic heterocycles. The lowest BCUT2D eigenvalue weighted by molar-refractivity contribution is 0.350. The first kappa shape index (κ1) is 18.9. The zero-order valence-electron chi connectivity index (χ0n) is 15.8. The van der Waals surface area contributed by atoms with Gasteiger partial charge in [0.05, 0.1) is 18.9 Å². The first-order chi connectivity index (χ1) is 13.5. The van der Waals surface area contributed by atoms with Crippen molar-refractivity contribution < 1.29 is 9.13 Å². The molecule has 0 aliphatic carbocycles. The molecule has 9 heteroatoms. The topological polar surface area (TPSA) is 92.1 Å². The third-order valence-corrected chi connectivity index (χ3v) is 6.35. The molecule has 148 valence electrons. The third-order valence-electron chi connectivity index (χ3n) is 5.49. The molecule has 0 amide bonds. The Morgan fingerprint density at radius 1 is 1.21 bits per heavy atom. The van der Waals surface area contributed by atoms with E-state index in [4.69, 9.17) is 15.6 Å². The molecular formula is C19H23FN6OS. The molecule has 0 radical (unpaired) electrons. The first-order valence-corrected chi connectivity index (χ1v) is 9.93. The number of hydrogen-bond acceptors (Lipinski definition) is 6. The fourth-order valence-electron chi connectivity index (χ4n) is 4.14. The van der Waals surface area contributed by atoms with Crippen molar-refractivity contribution in [2.75, 3.05) is 40.3 Å². The second-order valence-corrected chi connectivity index (χ2v) is 8.40. The minimum Gasteiger partial charge on any atom is -0.496 e. The number of methoxy groups -OCH3 is 1. The van der Waals surface area contributed by atoms with Crippen molar-refractivity contribution in [3.05, 3.63) is 35.9 Å². The van der Waals surface area contributed by atoms with Gasteiger partial charge < -0.3 is 14.5 Å². The average molecular weight is 402 g/mol.